The maximum Gasteiger partial charge on any atom is 0.327 e. The lowest BCUT2D eigenvalue weighted by Crippen LogP contribution is -2.47. The maximum atomic E-state index is 11.0. The van der Waals surface area contributed by atoms with Gasteiger partial charge in [-0.15, -0.1) is 0 Å². The fourth-order valence-electron chi connectivity index (χ4n) is 1.45. The number of hydrogen-bond donors (Lipinski definition) is 2. The molecule has 8 heteroatoms. The van der Waals surface area contributed by atoms with Crippen LogP contribution in [0.1, 0.15) is 0 Å². The average Bonchev–Trinajstić information content (AvgIpc) is 2.64. The van der Waals surface area contributed by atoms with E-state index in [0.29, 0.717) is 18.1 Å². The van der Waals surface area contributed by atoms with Crippen LogP contribution in [-0.2, 0) is 4.79 Å². The van der Waals surface area contributed by atoms with Crippen molar-refractivity contribution in [1.29, 1.82) is 0 Å². The van der Waals surface area contributed by atoms with Crippen LogP contribution in [0.5, 0.6) is 0 Å². The summed E-state index contributed by atoms with van der Waals surface area (Å²) in [5.74, 6) is 0.929. The first-order valence-corrected chi connectivity index (χ1v) is 5.51. The zero-order valence-corrected chi connectivity index (χ0v) is 8.61. The van der Waals surface area contributed by atoms with E-state index in [1.54, 1.807) is 16.7 Å². The van der Waals surface area contributed by atoms with Gasteiger partial charge in [-0.05, 0) is 10.3 Å². The van der Waals surface area contributed by atoms with Crippen LogP contribution in [-0.4, -0.2) is 45.5 Å². The lowest BCUT2D eigenvalue weighted by molar-refractivity contribution is -0.138. The highest BCUT2D eigenvalue weighted by molar-refractivity contribution is 7.99. The topological polar surface area (TPSA) is 105 Å². The largest absolute Gasteiger partial charge is 0.480 e. The van der Waals surface area contributed by atoms with E-state index in [1.807, 2.05) is 0 Å². The molecule has 0 amide bonds. The van der Waals surface area contributed by atoms with Crippen molar-refractivity contribution in [2.24, 2.45) is 0 Å². The summed E-state index contributed by atoms with van der Waals surface area (Å²) in [6, 6.07) is -0.613. The quantitative estimate of drug-likeness (QED) is 0.710. The summed E-state index contributed by atoms with van der Waals surface area (Å²) < 4.78 is 4.46. The van der Waals surface area contributed by atoms with Gasteiger partial charge in [0.25, 0.3) is 0 Å². The summed E-state index contributed by atoms with van der Waals surface area (Å²) in [6.07, 6.45) is 0. The first-order chi connectivity index (χ1) is 7.20. The van der Waals surface area contributed by atoms with Crippen molar-refractivity contribution < 1.29 is 14.5 Å². The summed E-state index contributed by atoms with van der Waals surface area (Å²) in [6.45, 7) is 0.583. The minimum atomic E-state index is -0.885. The molecule has 1 atom stereocenters. The number of nitrogen functional groups attached to an aromatic ring is 1. The molecule has 2 rings (SSSR count). The zero-order valence-electron chi connectivity index (χ0n) is 7.79. The molecule has 1 saturated heterocycles. The Kier molecular flexibility index (Phi) is 2.67. The molecular weight excluding hydrogens is 220 g/mol. The molecule has 0 aliphatic carbocycles. The van der Waals surface area contributed by atoms with Crippen LogP contribution in [0.25, 0.3) is 0 Å². The highest BCUT2D eigenvalue weighted by Gasteiger charge is 2.32. The second kappa shape index (κ2) is 3.97. The van der Waals surface area contributed by atoms with Crippen molar-refractivity contribution in [2.75, 3.05) is 28.7 Å². The molecule has 0 radical (unpaired) electrons. The Bertz CT molecular complexity index is 369. The number of hydrogen-bond acceptors (Lipinski definition) is 7. The van der Waals surface area contributed by atoms with Crippen molar-refractivity contribution in [3.8, 4) is 0 Å². The molecule has 0 saturated carbocycles. The van der Waals surface area contributed by atoms with Crippen molar-refractivity contribution >= 4 is 29.4 Å². The number of anilines is 2. The van der Waals surface area contributed by atoms with E-state index in [4.69, 9.17) is 10.8 Å². The number of nitrogens with zero attached hydrogens (tertiary/aromatic N) is 3. The van der Waals surface area contributed by atoms with Gasteiger partial charge >= 0.3 is 5.97 Å². The number of carboxylic acids is 1. The lowest BCUT2D eigenvalue weighted by Gasteiger charge is -2.31. The van der Waals surface area contributed by atoms with Crippen molar-refractivity contribution in [2.45, 2.75) is 6.04 Å². The summed E-state index contributed by atoms with van der Waals surface area (Å²) >= 11 is 1.60. The molecule has 1 aliphatic heterocycles. The number of rotatable bonds is 2. The van der Waals surface area contributed by atoms with E-state index >= 15 is 0 Å². The van der Waals surface area contributed by atoms with Crippen LogP contribution in [0, 0.1) is 0 Å². The van der Waals surface area contributed by atoms with Crippen LogP contribution in [0.3, 0.4) is 0 Å². The second-order valence-electron chi connectivity index (χ2n) is 3.10. The molecule has 0 spiro atoms. The van der Waals surface area contributed by atoms with Crippen LogP contribution in [0.15, 0.2) is 4.63 Å². The predicted octanol–water partition coefficient (Wildman–Crippen LogP) is -0.342. The van der Waals surface area contributed by atoms with Gasteiger partial charge in [0.15, 0.2) is 0 Å². The molecule has 1 aliphatic rings. The average molecular weight is 230 g/mol. The molecule has 0 aromatic carbocycles. The number of aromatic nitrogens is 2. The maximum absolute atomic E-state index is 11.0. The lowest BCUT2D eigenvalue weighted by atomic mass is 10.2. The zero-order chi connectivity index (χ0) is 10.8. The van der Waals surface area contributed by atoms with Crippen molar-refractivity contribution in [3.05, 3.63) is 0 Å². The number of aliphatic carboxylic acids is 1. The van der Waals surface area contributed by atoms with E-state index in [0.717, 1.165) is 5.75 Å². The Morgan fingerprint density at radius 1 is 1.67 bits per heavy atom. The minimum absolute atomic E-state index is 0.133. The number of carbonyl (C=O) groups is 1. The highest BCUT2D eigenvalue weighted by Crippen LogP contribution is 2.25. The minimum Gasteiger partial charge on any atom is -0.480 e. The van der Waals surface area contributed by atoms with Gasteiger partial charge in [-0.1, -0.05) is 0 Å². The van der Waals surface area contributed by atoms with E-state index in [-0.39, 0.29) is 5.82 Å². The summed E-state index contributed by atoms with van der Waals surface area (Å²) in [5.41, 5.74) is 5.53. The van der Waals surface area contributed by atoms with Gasteiger partial charge in [-0.25, -0.2) is 9.42 Å². The van der Waals surface area contributed by atoms with E-state index in [1.165, 1.54) is 0 Å². The van der Waals surface area contributed by atoms with Gasteiger partial charge in [0.05, 0.1) is 0 Å². The van der Waals surface area contributed by atoms with Gasteiger partial charge in [-0.2, -0.15) is 11.8 Å². The summed E-state index contributed by atoms with van der Waals surface area (Å²) in [7, 11) is 0. The van der Waals surface area contributed by atoms with E-state index < -0.39 is 12.0 Å². The van der Waals surface area contributed by atoms with Crippen LogP contribution in [0.2, 0.25) is 0 Å². The highest BCUT2D eigenvalue weighted by atomic mass is 32.2. The number of thioether (sulfide) groups is 1. The summed E-state index contributed by atoms with van der Waals surface area (Å²) in [4.78, 5) is 12.6. The fraction of sp³-hybridized carbons (Fsp3) is 0.571. The molecule has 15 heavy (non-hydrogen) atoms. The predicted molar refractivity (Wildman–Crippen MR) is 54.8 cm³/mol. The summed E-state index contributed by atoms with van der Waals surface area (Å²) in [5, 5.41) is 16.1. The smallest absolute Gasteiger partial charge is 0.327 e. The molecule has 1 aromatic heterocycles. The van der Waals surface area contributed by atoms with Crippen molar-refractivity contribution in [1.82, 2.24) is 10.3 Å². The number of nitrogens with two attached hydrogens (primary N) is 1. The third kappa shape index (κ3) is 1.84. The van der Waals surface area contributed by atoms with Crippen LogP contribution in [0.4, 0.5) is 11.6 Å². The molecule has 3 N–H and O–H groups in total. The third-order valence-electron chi connectivity index (χ3n) is 2.18. The third-order valence-corrected chi connectivity index (χ3v) is 3.20. The molecule has 0 bridgehead atoms. The Morgan fingerprint density at radius 3 is 3.07 bits per heavy atom. The SMILES string of the molecule is Nc1nonc1N1CCSCC1C(=O)O. The van der Waals surface area contributed by atoms with Gasteiger partial charge in [0.1, 0.15) is 6.04 Å². The van der Waals surface area contributed by atoms with Gasteiger partial charge in [0, 0.05) is 18.1 Å². The van der Waals surface area contributed by atoms with Crippen LogP contribution < -0.4 is 10.6 Å². The molecule has 7 nitrogen and oxygen atoms in total. The Labute approximate surface area is 89.6 Å². The molecule has 1 aromatic rings. The first kappa shape index (κ1) is 10.1. The molecule has 1 fully saturated rings. The normalized spacial score (nSPS) is 21.6. The second-order valence-corrected chi connectivity index (χ2v) is 4.25. The Morgan fingerprint density at radius 2 is 2.47 bits per heavy atom. The Balaban J connectivity index is 2.25. The molecule has 2 heterocycles. The molecule has 1 unspecified atom stereocenters. The monoisotopic (exact) mass is 230 g/mol. The first-order valence-electron chi connectivity index (χ1n) is 4.35. The van der Waals surface area contributed by atoms with Crippen LogP contribution >= 0.6 is 11.8 Å². The van der Waals surface area contributed by atoms with Gasteiger partial charge in [-0.3, -0.25) is 0 Å². The van der Waals surface area contributed by atoms with Gasteiger partial charge in [0.2, 0.25) is 11.6 Å². The number of carboxylic acid groups (broad SMARTS) is 1. The molecular formula is C7H10N4O3S. The molecule has 82 valence electrons. The van der Waals surface area contributed by atoms with E-state index in [2.05, 4.69) is 14.9 Å². The van der Waals surface area contributed by atoms with Gasteiger partial charge < -0.3 is 15.7 Å². The Hall–Kier alpha value is -1.44. The standard InChI is InChI=1S/C7H10N4O3S/c8-5-6(10-14-9-5)11-1-2-15-3-4(11)7(12)13/h4H,1-3H2,(H2,8,9)(H,12,13). The van der Waals surface area contributed by atoms with Crippen molar-refractivity contribution in [3.63, 3.8) is 0 Å². The fourth-order valence-corrected chi connectivity index (χ4v) is 2.49. The van der Waals surface area contributed by atoms with E-state index in [9.17, 15) is 4.79 Å².